The molecule has 0 aromatic heterocycles. The van der Waals surface area contributed by atoms with E-state index in [9.17, 15) is 14.9 Å². The van der Waals surface area contributed by atoms with E-state index in [0.717, 1.165) is 5.56 Å². The predicted molar refractivity (Wildman–Crippen MR) is 96.4 cm³/mol. The molecule has 0 amide bonds. The van der Waals surface area contributed by atoms with Gasteiger partial charge in [-0.25, -0.2) is 9.68 Å². The number of benzene rings is 3. The molecule has 0 saturated heterocycles. The number of carbonyl (C=O) groups is 1. The van der Waals surface area contributed by atoms with Crippen LogP contribution in [0.1, 0.15) is 15.9 Å². The first-order chi connectivity index (χ1) is 13.1. The van der Waals surface area contributed by atoms with Gasteiger partial charge in [-0.15, -0.1) is 0 Å². The van der Waals surface area contributed by atoms with E-state index in [4.69, 9.17) is 14.5 Å². The van der Waals surface area contributed by atoms with E-state index >= 15 is 0 Å². The van der Waals surface area contributed by atoms with E-state index in [2.05, 4.69) is 0 Å². The number of nitrogens with zero attached hydrogens (tertiary/aromatic N) is 1. The highest BCUT2D eigenvalue weighted by molar-refractivity contribution is 5.88. The fourth-order valence-corrected chi connectivity index (χ4v) is 2.26. The van der Waals surface area contributed by atoms with E-state index in [1.54, 1.807) is 30.3 Å². The maximum Gasteiger partial charge on any atom is 0.386 e. The third kappa shape index (κ3) is 4.82. The summed E-state index contributed by atoms with van der Waals surface area (Å²) in [6.45, 7) is 0.148. The van der Waals surface area contributed by atoms with Gasteiger partial charge in [-0.1, -0.05) is 48.5 Å². The molecule has 3 aromatic carbocycles. The minimum Gasteiger partial charge on any atom is -0.482 e. The van der Waals surface area contributed by atoms with E-state index in [1.165, 1.54) is 18.2 Å². The third-order valence-corrected chi connectivity index (χ3v) is 3.59. The molecule has 0 fully saturated rings. The van der Waals surface area contributed by atoms with Gasteiger partial charge in [0.25, 0.3) is 0 Å². The molecular formula is C20H15NO6. The Kier molecular flexibility index (Phi) is 5.64. The lowest BCUT2D eigenvalue weighted by Gasteiger charge is -2.09. The summed E-state index contributed by atoms with van der Waals surface area (Å²) in [4.78, 5) is 32.3. The van der Waals surface area contributed by atoms with Crippen LogP contribution >= 0.6 is 0 Å². The summed E-state index contributed by atoms with van der Waals surface area (Å²) < 4.78 is 5.55. The summed E-state index contributed by atoms with van der Waals surface area (Å²) in [5.41, 5.74) is 0.959. The van der Waals surface area contributed by atoms with Crippen molar-refractivity contribution in [2.45, 2.75) is 6.61 Å². The Bertz CT molecular complexity index is 928. The van der Waals surface area contributed by atoms with E-state index in [0.29, 0.717) is 5.56 Å². The SMILES string of the molecule is O=C(OOc1ccc([N+](=O)[O-])c(OCc2ccccc2)c1)c1ccccc1. The second-order valence-corrected chi connectivity index (χ2v) is 5.48. The lowest BCUT2D eigenvalue weighted by atomic mass is 10.2. The second-order valence-electron chi connectivity index (χ2n) is 5.48. The Balaban J connectivity index is 1.71. The van der Waals surface area contributed by atoms with E-state index in [1.807, 2.05) is 30.3 Å². The van der Waals surface area contributed by atoms with Gasteiger partial charge in [0.05, 0.1) is 10.5 Å². The lowest BCUT2D eigenvalue weighted by Crippen LogP contribution is -2.08. The fraction of sp³-hybridized carbons (Fsp3) is 0.0500. The summed E-state index contributed by atoms with van der Waals surface area (Å²) in [7, 11) is 0. The molecule has 0 N–H and O–H groups in total. The van der Waals surface area contributed by atoms with Crippen LogP contribution in [0.2, 0.25) is 0 Å². The van der Waals surface area contributed by atoms with Crippen molar-refractivity contribution in [3.05, 3.63) is 100 Å². The van der Waals surface area contributed by atoms with Gasteiger partial charge in [-0.3, -0.25) is 15.0 Å². The van der Waals surface area contributed by atoms with Crippen LogP contribution in [0.3, 0.4) is 0 Å². The minimum atomic E-state index is -0.680. The average Bonchev–Trinajstić information content (AvgIpc) is 2.71. The molecule has 3 rings (SSSR count). The number of nitro groups is 1. The molecule has 0 aliphatic heterocycles. The smallest absolute Gasteiger partial charge is 0.386 e. The summed E-state index contributed by atoms with van der Waals surface area (Å²) in [5.74, 6) is -0.564. The molecule has 136 valence electrons. The number of hydrogen-bond acceptors (Lipinski definition) is 6. The summed E-state index contributed by atoms with van der Waals surface area (Å²) in [6.07, 6.45) is 0. The molecule has 7 heteroatoms. The molecule has 3 aromatic rings. The van der Waals surface area contributed by atoms with Gasteiger partial charge in [0.1, 0.15) is 6.61 Å². The van der Waals surface area contributed by atoms with Crippen molar-refractivity contribution in [3.8, 4) is 11.5 Å². The molecule has 0 saturated carbocycles. The summed E-state index contributed by atoms with van der Waals surface area (Å²) in [5, 5.41) is 11.2. The average molecular weight is 365 g/mol. The zero-order valence-electron chi connectivity index (χ0n) is 14.1. The molecule has 0 aliphatic rings. The quantitative estimate of drug-likeness (QED) is 0.352. The Morgan fingerprint density at radius 1 is 0.926 bits per heavy atom. The van der Waals surface area contributed by atoms with Gasteiger partial charge >= 0.3 is 11.7 Å². The molecular weight excluding hydrogens is 350 g/mol. The summed E-state index contributed by atoms with van der Waals surface area (Å²) in [6, 6.07) is 21.4. The van der Waals surface area contributed by atoms with Crippen LogP contribution in [-0.2, 0) is 11.5 Å². The van der Waals surface area contributed by atoms with Crippen molar-refractivity contribution < 1.29 is 24.2 Å². The van der Waals surface area contributed by atoms with E-state index < -0.39 is 10.9 Å². The van der Waals surface area contributed by atoms with Crippen molar-refractivity contribution in [1.82, 2.24) is 0 Å². The number of carbonyl (C=O) groups excluding carboxylic acids is 1. The Labute approximate surface area is 154 Å². The largest absolute Gasteiger partial charge is 0.482 e. The van der Waals surface area contributed by atoms with Crippen molar-refractivity contribution in [1.29, 1.82) is 0 Å². The van der Waals surface area contributed by atoms with Crippen molar-refractivity contribution in [2.24, 2.45) is 0 Å². The monoisotopic (exact) mass is 365 g/mol. The van der Waals surface area contributed by atoms with Gasteiger partial charge in [0.15, 0.2) is 5.75 Å². The van der Waals surface area contributed by atoms with Crippen LogP contribution in [0.25, 0.3) is 0 Å². The van der Waals surface area contributed by atoms with Crippen LogP contribution < -0.4 is 9.62 Å². The number of nitro benzene ring substituents is 1. The van der Waals surface area contributed by atoms with Crippen molar-refractivity contribution >= 4 is 11.7 Å². The van der Waals surface area contributed by atoms with Gasteiger partial charge < -0.3 is 4.74 Å². The molecule has 0 spiro atoms. The molecule has 0 radical (unpaired) electrons. The van der Waals surface area contributed by atoms with Gasteiger partial charge in [-0.2, -0.15) is 0 Å². The van der Waals surface area contributed by atoms with Crippen LogP contribution in [0, 0.1) is 10.1 Å². The Morgan fingerprint density at radius 3 is 2.26 bits per heavy atom. The second kappa shape index (κ2) is 8.48. The first-order valence-electron chi connectivity index (χ1n) is 8.02. The zero-order valence-corrected chi connectivity index (χ0v) is 14.1. The first kappa shape index (κ1) is 17.9. The van der Waals surface area contributed by atoms with Gasteiger partial charge in [0, 0.05) is 12.1 Å². The molecule has 0 unspecified atom stereocenters. The van der Waals surface area contributed by atoms with Gasteiger partial charge in [-0.05, 0) is 23.8 Å². The topological polar surface area (TPSA) is 87.9 Å². The molecule has 7 nitrogen and oxygen atoms in total. The number of rotatable bonds is 7. The molecule has 27 heavy (non-hydrogen) atoms. The number of hydrogen-bond donors (Lipinski definition) is 0. The van der Waals surface area contributed by atoms with Crippen LogP contribution in [0.15, 0.2) is 78.9 Å². The maximum atomic E-state index is 11.9. The minimum absolute atomic E-state index is 0.0112. The van der Waals surface area contributed by atoms with Gasteiger partial charge in [0.2, 0.25) is 5.75 Å². The van der Waals surface area contributed by atoms with Crippen molar-refractivity contribution in [2.75, 3.05) is 0 Å². The molecule has 0 aliphatic carbocycles. The zero-order chi connectivity index (χ0) is 19.1. The summed E-state index contributed by atoms with van der Waals surface area (Å²) >= 11 is 0. The Hall–Kier alpha value is -3.87. The van der Waals surface area contributed by atoms with Crippen LogP contribution in [0.5, 0.6) is 11.5 Å². The number of ether oxygens (including phenoxy) is 1. The van der Waals surface area contributed by atoms with Crippen LogP contribution in [0.4, 0.5) is 5.69 Å². The van der Waals surface area contributed by atoms with Crippen molar-refractivity contribution in [3.63, 3.8) is 0 Å². The highest BCUT2D eigenvalue weighted by Crippen LogP contribution is 2.32. The van der Waals surface area contributed by atoms with Crippen LogP contribution in [-0.4, -0.2) is 10.9 Å². The normalized spacial score (nSPS) is 10.1. The van der Waals surface area contributed by atoms with E-state index in [-0.39, 0.29) is 23.8 Å². The predicted octanol–water partition coefficient (Wildman–Crippen LogP) is 4.32. The standard InChI is InChI=1S/C20H15NO6/c22-20(16-9-5-2-6-10-16)27-26-17-11-12-18(21(23)24)19(13-17)25-14-15-7-3-1-4-8-15/h1-13H,14H2. The lowest BCUT2D eigenvalue weighted by molar-refractivity contribution is -0.386. The fourth-order valence-electron chi connectivity index (χ4n) is 2.26. The molecule has 0 heterocycles. The first-order valence-corrected chi connectivity index (χ1v) is 8.02. The maximum absolute atomic E-state index is 11.9. The molecule has 0 atom stereocenters. The molecule has 0 bridgehead atoms. The third-order valence-electron chi connectivity index (χ3n) is 3.59. The highest BCUT2D eigenvalue weighted by atomic mass is 17.2. The highest BCUT2D eigenvalue weighted by Gasteiger charge is 2.18. The Morgan fingerprint density at radius 2 is 1.59 bits per heavy atom.